The van der Waals surface area contributed by atoms with Crippen molar-refractivity contribution >= 4 is 61.5 Å². The van der Waals surface area contributed by atoms with Crippen molar-refractivity contribution in [1.82, 2.24) is 19.4 Å². The van der Waals surface area contributed by atoms with Crippen molar-refractivity contribution in [3.63, 3.8) is 0 Å². The summed E-state index contributed by atoms with van der Waals surface area (Å²) in [6.07, 6.45) is 1.61. The molecule has 1 aliphatic heterocycles. The Morgan fingerprint density at radius 2 is 1.78 bits per heavy atom. The summed E-state index contributed by atoms with van der Waals surface area (Å²) in [5.41, 5.74) is 10.8. The summed E-state index contributed by atoms with van der Waals surface area (Å²) >= 11 is 1.49. The largest absolute Gasteiger partial charge is 0.495 e. The van der Waals surface area contributed by atoms with Crippen LogP contribution in [-0.2, 0) is 7.05 Å². The number of thiophene rings is 1. The first kappa shape index (κ1) is 26.6. The molecule has 4 N–H and O–H groups in total. The number of nitrogen functional groups attached to an aromatic ring is 1. The molecule has 0 saturated carbocycles. The van der Waals surface area contributed by atoms with Gasteiger partial charge in [-0.05, 0) is 36.9 Å². The van der Waals surface area contributed by atoms with Crippen molar-refractivity contribution in [3.8, 4) is 16.9 Å². The van der Waals surface area contributed by atoms with Gasteiger partial charge in [-0.2, -0.15) is 0 Å². The lowest BCUT2D eigenvalue weighted by molar-refractivity contribution is 0.101. The van der Waals surface area contributed by atoms with Crippen LogP contribution in [0.3, 0.4) is 0 Å². The van der Waals surface area contributed by atoms with Crippen LogP contribution in [-0.4, -0.2) is 71.6 Å². The van der Waals surface area contributed by atoms with Gasteiger partial charge in [0.1, 0.15) is 17.3 Å². The number of carbonyl (C=O) groups is 2. The van der Waals surface area contributed by atoms with Crippen LogP contribution in [0, 0.1) is 0 Å². The third-order valence-corrected chi connectivity index (χ3v) is 8.61. The Morgan fingerprint density at radius 3 is 2.54 bits per heavy atom. The molecule has 0 spiro atoms. The Labute approximate surface area is 241 Å². The van der Waals surface area contributed by atoms with Crippen LogP contribution in [0.25, 0.3) is 32.1 Å². The number of aromatic nitrogens is 2. The number of pyridine rings is 1. The summed E-state index contributed by atoms with van der Waals surface area (Å²) in [5, 5.41) is 9.78. The molecule has 1 saturated heterocycles. The number of rotatable bonds is 5. The number of para-hydroxylation sites is 1. The molecular formula is C30H31N7O3S. The van der Waals surface area contributed by atoms with Gasteiger partial charge in [-0.3, -0.25) is 4.79 Å². The summed E-state index contributed by atoms with van der Waals surface area (Å²) < 4.78 is 8.40. The van der Waals surface area contributed by atoms with E-state index in [1.807, 2.05) is 70.4 Å². The SMILES string of the molecule is COc1cc(-c2csc3c(NC(=O)N4CCN(C)CC4)cnc(N)c23)ccc1NC(=O)c1cc2ccccc2n1C. The minimum absolute atomic E-state index is 0.145. The number of hydrogen-bond donors (Lipinski definition) is 3. The Balaban J connectivity index is 1.28. The van der Waals surface area contributed by atoms with E-state index in [1.165, 1.54) is 11.3 Å². The van der Waals surface area contributed by atoms with Gasteiger partial charge in [0.25, 0.3) is 5.91 Å². The molecular weight excluding hydrogens is 538 g/mol. The minimum Gasteiger partial charge on any atom is -0.495 e. The molecule has 6 rings (SSSR count). The molecule has 10 nitrogen and oxygen atoms in total. The maximum Gasteiger partial charge on any atom is 0.322 e. The third kappa shape index (κ3) is 4.94. The third-order valence-electron chi connectivity index (χ3n) is 7.60. The standard InChI is InChI=1S/C30H31N7O3S/c1-35-10-12-37(13-11-35)30(39)34-22-16-32-28(31)26-20(17-41-27(22)26)18-8-9-21(25(15-18)40-3)33-29(38)24-14-19-6-4-5-7-23(19)36(24)2/h4-9,14-17H,10-13H2,1-3H3,(H2,31,32)(H,33,38)(H,34,39). The predicted octanol–water partition coefficient (Wildman–Crippen LogP) is 5.08. The molecule has 0 aliphatic carbocycles. The first-order valence-corrected chi connectivity index (χ1v) is 14.2. The average Bonchev–Trinajstić information content (AvgIpc) is 3.58. The van der Waals surface area contributed by atoms with Gasteiger partial charge in [-0.15, -0.1) is 11.3 Å². The number of ether oxygens (including phenoxy) is 1. The zero-order valence-corrected chi connectivity index (χ0v) is 23.9. The second-order valence-corrected chi connectivity index (χ2v) is 11.0. The first-order valence-electron chi connectivity index (χ1n) is 13.3. The molecule has 3 amide bonds. The summed E-state index contributed by atoms with van der Waals surface area (Å²) in [6.45, 7) is 3.03. The lowest BCUT2D eigenvalue weighted by atomic mass is 10.0. The van der Waals surface area contributed by atoms with Crippen LogP contribution < -0.4 is 21.1 Å². The van der Waals surface area contributed by atoms with E-state index in [2.05, 4.69) is 27.6 Å². The molecule has 11 heteroatoms. The number of anilines is 3. The molecule has 41 heavy (non-hydrogen) atoms. The second-order valence-electron chi connectivity index (χ2n) is 10.1. The monoisotopic (exact) mass is 569 g/mol. The van der Waals surface area contributed by atoms with Crippen LogP contribution in [0.2, 0.25) is 0 Å². The van der Waals surface area contributed by atoms with Gasteiger partial charge in [0.2, 0.25) is 0 Å². The molecule has 0 bridgehead atoms. The smallest absolute Gasteiger partial charge is 0.322 e. The normalized spacial score (nSPS) is 14.0. The number of fused-ring (bicyclic) bond motifs is 2. The lowest BCUT2D eigenvalue weighted by Gasteiger charge is -2.32. The van der Waals surface area contributed by atoms with Gasteiger partial charge in [0, 0.05) is 60.5 Å². The lowest BCUT2D eigenvalue weighted by Crippen LogP contribution is -2.48. The fourth-order valence-electron chi connectivity index (χ4n) is 5.23. The number of methoxy groups -OCH3 is 1. The van der Waals surface area contributed by atoms with Gasteiger partial charge in [-0.1, -0.05) is 24.3 Å². The van der Waals surface area contributed by atoms with E-state index < -0.39 is 0 Å². The summed E-state index contributed by atoms with van der Waals surface area (Å²) in [6, 6.07) is 15.2. The molecule has 5 aromatic rings. The van der Waals surface area contributed by atoms with Crippen molar-refractivity contribution in [2.24, 2.45) is 7.05 Å². The summed E-state index contributed by atoms with van der Waals surface area (Å²) in [4.78, 5) is 34.6. The van der Waals surface area contributed by atoms with E-state index in [0.29, 0.717) is 41.7 Å². The highest BCUT2D eigenvalue weighted by Gasteiger charge is 2.22. The van der Waals surface area contributed by atoms with Crippen LogP contribution in [0.4, 0.5) is 22.0 Å². The molecule has 0 radical (unpaired) electrons. The van der Waals surface area contributed by atoms with Gasteiger partial charge < -0.3 is 35.5 Å². The number of hydrogen-bond acceptors (Lipinski definition) is 7. The van der Waals surface area contributed by atoms with Crippen LogP contribution in [0.1, 0.15) is 10.5 Å². The molecule has 2 aromatic carbocycles. The van der Waals surface area contributed by atoms with Gasteiger partial charge >= 0.3 is 6.03 Å². The molecule has 3 aromatic heterocycles. The molecule has 0 atom stereocenters. The minimum atomic E-state index is -0.232. The molecule has 4 heterocycles. The van der Waals surface area contributed by atoms with Crippen molar-refractivity contribution in [1.29, 1.82) is 0 Å². The highest BCUT2D eigenvalue weighted by atomic mass is 32.1. The van der Waals surface area contributed by atoms with E-state index in [1.54, 1.807) is 13.3 Å². The molecule has 210 valence electrons. The van der Waals surface area contributed by atoms with E-state index in [9.17, 15) is 9.59 Å². The quantitative estimate of drug-likeness (QED) is 0.272. The van der Waals surface area contributed by atoms with Crippen molar-refractivity contribution in [2.75, 3.05) is 56.7 Å². The van der Waals surface area contributed by atoms with E-state index >= 15 is 0 Å². The fourth-order valence-corrected chi connectivity index (χ4v) is 6.28. The van der Waals surface area contributed by atoms with Crippen LogP contribution in [0.5, 0.6) is 5.75 Å². The summed E-state index contributed by atoms with van der Waals surface area (Å²) in [7, 11) is 5.50. The number of nitrogens with one attached hydrogen (secondary N) is 2. The van der Waals surface area contributed by atoms with Gasteiger partial charge in [0.15, 0.2) is 0 Å². The molecule has 1 fully saturated rings. The molecule has 1 aliphatic rings. The highest BCUT2D eigenvalue weighted by molar-refractivity contribution is 7.18. The topological polar surface area (TPSA) is 118 Å². The number of nitrogens with two attached hydrogens (primary N) is 1. The number of urea groups is 1. The van der Waals surface area contributed by atoms with Gasteiger partial charge in [-0.25, -0.2) is 9.78 Å². The Morgan fingerprint density at radius 1 is 1.00 bits per heavy atom. The Hall–Kier alpha value is -4.61. The average molecular weight is 570 g/mol. The number of piperazine rings is 1. The van der Waals surface area contributed by atoms with Gasteiger partial charge in [0.05, 0.1) is 29.4 Å². The van der Waals surface area contributed by atoms with E-state index in [0.717, 1.165) is 45.2 Å². The Bertz CT molecular complexity index is 1790. The first-order chi connectivity index (χ1) is 19.8. The highest BCUT2D eigenvalue weighted by Crippen LogP contribution is 2.42. The zero-order valence-electron chi connectivity index (χ0n) is 23.1. The fraction of sp³-hybridized carbons (Fsp3) is 0.233. The Kier molecular flexibility index (Phi) is 6.98. The van der Waals surface area contributed by atoms with Crippen molar-refractivity contribution in [2.45, 2.75) is 0 Å². The number of nitrogens with zero attached hydrogens (tertiary/aromatic N) is 4. The zero-order chi connectivity index (χ0) is 28.7. The maximum atomic E-state index is 13.2. The van der Waals surface area contributed by atoms with Crippen molar-refractivity contribution < 1.29 is 14.3 Å². The summed E-state index contributed by atoms with van der Waals surface area (Å²) in [5.74, 6) is 0.658. The maximum absolute atomic E-state index is 13.2. The van der Waals surface area contributed by atoms with Crippen molar-refractivity contribution in [3.05, 3.63) is 65.8 Å². The number of benzene rings is 2. The second kappa shape index (κ2) is 10.8. The van der Waals surface area contributed by atoms with E-state index in [-0.39, 0.29) is 11.9 Å². The molecule has 0 unspecified atom stereocenters. The number of likely N-dealkylation sites (N-methyl/N-ethyl adjacent to an activating group) is 1. The van der Waals surface area contributed by atoms with Crippen LogP contribution >= 0.6 is 11.3 Å². The number of aryl methyl sites for hydroxylation is 1. The van der Waals surface area contributed by atoms with E-state index in [4.69, 9.17) is 10.5 Å². The number of carbonyl (C=O) groups excluding carboxylic acids is 2. The predicted molar refractivity (Wildman–Crippen MR) is 165 cm³/mol. The number of amides is 3. The van der Waals surface area contributed by atoms with Crippen LogP contribution in [0.15, 0.2) is 60.1 Å².